The number of H-pyrrole nitrogens is 1. The number of nitrogens with zero attached hydrogens (tertiary/aromatic N) is 1. The fourth-order valence-electron chi connectivity index (χ4n) is 3.54. The van der Waals surface area contributed by atoms with Gasteiger partial charge in [-0.05, 0) is 22.8 Å². The maximum absolute atomic E-state index is 12.9. The van der Waals surface area contributed by atoms with E-state index in [0.717, 1.165) is 22.8 Å². The Morgan fingerprint density at radius 3 is 2.42 bits per heavy atom. The number of hydrogen-bond donors (Lipinski definition) is 2. The predicted molar refractivity (Wildman–Crippen MR) is 124 cm³/mol. The normalized spacial score (nSPS) is 10.8. The van der Waals surface area contributed by atoms with E-state index in [1.54, 1.807) is 0 Å². The van der Waals surface area contributed by atoms with Crippen molar-refractivity contribution in [2.75, 3.05) is 0 Å². The van der Waals surface area contributed by atoms with E-state index in [4.69, 9.17) is 4.74 Å². The second-order valence-corrected chi connectivity index (χ2v) is 7.46. The average molecular weight is 443 g/mol. The Morgan fingerprint density at radius 2 is 1.67 bits per heavy atom. The molecule has 0 unspecified atom stereocenters. The highest BCUT2D eigenvalue weighted by Crippen LogP contribution is 2.22. The van der Waals surface area contributed by atoms with Crippen molar-refractivity contribution in [1.82, 2.24) is 10.3 Å². The van der Waals surface area contributed by atoms with Gasteiger partial charge < -0.3 is 15.0 Å². The minimum absolute atomic E-state index is 0.0789. The number of pyridine rings is 1. The molecule has 8 heteroatoms. The van der Waals surface area contributed by atoms with E-state index in [2.05, 4.69) is 10.3 Å². The van der Waals surface area contributed by atoms with Crippen LogP contribution in [0, 0.1) is 10.1 Å². The number of rotatable bonds is 8. The zero-order valence-corrected chi connectivity index (χ0v) is 17.6. The highest BCUT2D eigenvalue weighted by molar-refractivity contribution is 6.06. The van der Waals surface area contributed by atoms with Crippen molar-refractivity contribution in [3.05, 3.63) is 122 Å². The standard InChI is InChI=1S/C25H21N3O5/c29-24-13-22(21-12-20(28(31)32)10-11-23(21)27-24)25(30)26-14-18-8-4-5-9-19(18)16-33-15-17-6-2-1-3-7-17/h1-13H,14-16H2,(H,26,30)(H,27,29). The van der Waals surface area contributed by atoms with Crippen molar-refractivity contribution in [2.24, 2.45) is 0 Å². The van der Waals surface area contributed by atoms with E-state index >= 15 is 0 Å². The van der Waals surface area contributed by atoms with E-state index < -0.39 is 16.4 Å². The highest BCUT2D eigenvalue weighted by Gasteiger charge is 2.16. The van der Waals surface area contributed by atoms with Crippen LogP contribution in [0.15, 0.2) is 83.7 Å². The minimum atomic E-state index is -0.544. The number of non-ortho nitro benzene ring substituents is 1. The van der Waals surface area contributed by atoms with Crippen LogP contribution >= 0.6 is 0 Å². The minimum Gasteiger partial charge on any atom is -0.372 e. The smallest absolute Gasteiger partial charge is 0.270 e. The lowest BCUT2D eigenvalue weighted by molar-refractivity contribution is -0.384. The lowest BCUT2D eigenvalue weighted by Crippen LogP contribution is -2.25. The van der Waals surface area contributed by atoms with Gasteiger partial charge in [-0.25, -0.2) is 0 Å². The molecule has 33 heavy (non-hydrogen) atoms. The van der Waals surface area contributed by atoms with Crippen molar-refractivity contribution in [3.63, 3.8) is 0 Å². The molecule has 0 radical (unpaired) electrons. The predicted octanol–water partition coefficient (Wildman–Crippen LogP) is 4.08. The molecule has 4 rings (SSSR count). The summed E-state index contributed by atoms with van der Waals surface area (Å²) in [5.74, 6) is -0.494. The Hall–Kier alpha value is -4.30. The molecule has 0 bridgehead atoms. The Labute approximate surface area is 189 Å². The monoisotopic (exact) mass is 443 g/mol. The fourth-order valence-corrected chi connectivity index (χ4v) is 3.54. The lowest BCUT2D eigenvalue weighted by Gasteiger charge is -2.12. The van der Waals surface area contributed by atoms with E-state index in [1.807, 2.05) is 54.6 Å². The molecule has 0 spiro atoms. The largest absolute Gasteiger partial charge is 0.372 e. The molecule has 4 aromatic rings. The van der Waals surface area contributed by atoms with Crippen LogP contribution in [0.5, 0.6) is 0 Å². The van der Waals surface area contributed by atoms with Gasteiger partial charge in [-0.15, -0.1) is 0 Å². The van der Waals surface area contributed by atoms with Crippen LogP contribution in [0.3, 0.4) is 0 Å². The molecule has 1 heterocycles. The second kappa shape index (κ2) is 9.88. The van der Waals surface area contributed by atoms with E-state index in [1.165, 1.54) is 18.2 Å². The van der Waals surface area contributed by atoms with Gasteiger partial charge in [-0.3, -0.25) is 19.7 Å². The number of nitro benzene ring substituents is 1. The van der Waals surface area contributed by atoms with Gasteiger partial charge >= 0.3 is 0 Å². The summed E-state index contributed by atoms with van der Waals surface area (Å²) < 4.78 is 5.82. The fraction of sp³-hybridized carbons (Fsp3) is 0.120. The molecule has 1 aromatic heterocycles. The molecule has 0 fully saturated rings. The summed E-state index contributed by atoms with van der Waals surface area (Å²) >= 11 is 0. The van der Waals surface area contributed by atoms with Crippen molar-refractivity contribution < 1.29 is 14.5 Å². The van der Waals surface area contributed by atoms with Crippen LogP contribution < -0.4 is 10.9 Å². The van der Waals surface area contributed by atoms with Crippen LogP contribution in [-0.2, 0) is 24.5 Å². The summed E-state index contributed by atoms with van der Waals surface area (Å²) in [5, 5.41) is 14.3. The van der Waals surface area contributed by atoms with Gasteiger partial charge in [0.2, 0.25) is 5.56 Å². The van der Waals surface area contributed by atoms with Crippen molar-refractivity contribution in [1.29, 1.82) is 0 Å². The van der Waals surface area contributed by atoms with Gasteiger partial charge in [0, 0.05) is 35.6 Å². The summed E-state index contributed by atoms with van der Waals surface area (Å²) in [5.41, 5.74) is 2.68. The molecule has 3 aromatic carbocycles. The summed E-state index contributed by atoms with van der Waals surface area (Å²) in [4.78, 5) is 38.1. The van der Waals surface area contributed by atoms with E-state index in [-0.39, 0.29) is 17.8 Å². The molecule has 0 saturated carbocycles. The first-order valence-electron chi connectivity index (χ1n) is 10.3. The molecular formula is C25H21N3O5. The molecule has 0 atom stereocenters. The Balaban J connectivity index is 1.49. The Kier molecular flexibility index (Phi) is 6.56. The molecule has 0 aliphatic carbocycles. The number of carbonyl (C=O) groups is 1. The number of hydrogen-bond acceptors (Lipinski definition) is 5. The van der Waals surface area contributed by atoms with Crippen molar-refractivity contribution in [3.8, 4) is 0 Å². The first-order valence-corrected chi connectivity index (χ1v) is 10.3. The topological polar surface area (TPSA) is 114 Å². The average Bonchev–Trinajstić information content (AvgIpc) is 2.83. The lowest BCUT2D eigenvalue weighted by atomic mass is 10.1. The maximum Gasteiger partial charge on any atom is 0.270 e. The third-order valence-corrected chi connectivity index (χ3v) is 5.21. The van der Waals surface area contributed by atoms with Gasteiger partial charge in [0.25, 0.3) is 11.6 Å². The third kappa shape index (κ3) is 5.31. The van der Waals surface area contributed by atoms with Crippen molar-refractivity contribution >= 4 is 22.5 Å². The number of fused-ring (bicyclic) bond motifs is 1. The first-order chi connectivity index (χ1) is 16.0. The van der Waals surface area contributed by atoms with E-state index in [0.29, 0.717) is 24.1 Å². The molecule has 2 N–H and O–H groups in total. The number of amides is 1. The van der Waals surface area contributed by atoms with Gasteiger partial charge in [0.1, 0.15) is 0 Å². The zero-order chi connectivity index (χ0) is 23.2. The van der Waals surface area contributed by atoms with Crippen LogP contribution in [0.2, 0.25) is 0 Å². The van der Waals surface area contributed by atoms with Gasteiger partial charge in [0.05, 0.1) is 23.7 Å². The number of aromatic nitrogens is 1. The number of carbonyl (C=O) groups excluding carboxylic acids is 1. The van der Waals surface area contributed by atoms with Crippen LogP contribution in [0.4, 0.5) is 5.69 Å². The maximum atomic E-state index is 12.9. The molecule has 8 nitrogen and oxygen atoms in total. The van der Waals surface area contributed by atoms with E-state index in [9.17, 15) is 19.7 Å². The van der Waals surface area contributed by atoms with Crippen LogP contribution in [0.1, 0.15) is 27.0 Å². The molecule has 0 aliphatic heterocycles. The third-order valence-electron chi connectivity index (χ3n) is 5.21. The van der Waals surface area contributed by atoms with Crippen LogP contribution in [0.25, 0.3) is 10.9 Å². The number of ether oxygens (including phenoxy) is 1. The Morgan fingerprint density at radius 1 is 0.939 bits per heavy atom. The highest BCUT2D eigenvalue weighted by atomic mass is 16.6. The number of benzene rings is 3. The van der Waals surface area contributed by atoms with Gasteiger partial charge in [-0.1, -0.05) is 54.6 Å². The summed E-state index contributed by atoms with van der Waals surface area (Å²) in [6.45, 7) is 1.06. The Bertz CT molecular complexity index is 1370. The van der Waals surface area contributed by atoms with Crippen LogP contribution in [-0.4, -0.2) is 15.8 Å². The SMILES string of the molecule is O=C(NCc1ccccc1COCc1ccccc1)c1cc(=O)[nH]c2ccc([N+](=O)[O-])cc12. The molecular weight excluding hydrogens is 422 g/mol. The van der Waals surface area contributed by atoms with Gasteiger partial charge in [-0.2, -0.15) is 0 Å². The molecule has 0 saturated heterocycles. The number of aromatic amines is 1. The molecule has 1 amide bonds. The molecule has 166 valence electrons. The zero-order valence-electron chi connectivity index (χ0n) is 17.6. The summed E-state index contributed by atoms with van der Waals surface area (Å²) in [6.07, 6.45) is 0. The number of nitro groups is 1. The summed E-state index contributed by atoms with van der Waals surface area (Å²) in [6, 6.07) is 22.6. The quantitative estimate of drug-likeness (QED) is 0.315. The van der Waals surface area contributed by atoms with Crippen molar-refractivity contribution in [2.45, 2.75) is 19.8 Å². The van der Waals surface area contributed by atoms with Gasteiger partial charge in [0.15, 0.2) is 0 Å². The first kappa shape index (κ1) is 21.9. The summed E-state index contributed by atoms with van der Waals surface area (Å²) in [7, 11) is 0. The molecule has 0 aliphatic rings. The number of nitrogens with one attached hydrogen (secondary N) is 2. The second-order valence-electron chi connectivity index (χ2n) is 7.46.